The van der Waals surface area contributed by atoms with E-state index in [1.807, 2.05) is 20.0 Å². The quantitative estimate of drug-likeness (QED) is 0.656. The van der Waals surface area contributed by atoms with Crippen LogP contribution < -0.4 is 5.73 Å². The van der Waals surface area contributed by atoms with Crippen LogP contribution in [-0.2, 0) is 7.05 Å². The lowest BCUT2D eigenvalue weighted by Gasteiger charge is -2.07. The van der Waals surface area contributed by atoms with Gasteiger partial charge in [-0.2, -0.15) is 5.10 Å². The minimum Gasteiger partial charge on any atom is -0.322 e. The van der Waals surface area contributed by atoms with Gasteiger partial charge in [0.05, 0.1) is 11.7 Å². The molecule has 3 heteroatoms. The fourth-order valence-corrected chi connectivity index (χ4v) is 1.06. The van der Waals surface area contributed by atoms with Crippen LogP contribution in [0.3, 0.4) is 0 Å². The van der Waals surface area contributed by atoms with E-state index < -0.39 is 0 Å². The van der Waals surface area contributed by atoms with Crippen molar-refractivity contribution >= 4 is 0 Å². The number of nitrogens with zero attached hydrogens (tertiary/aromatic N) is 2. The molecule has 0 aliphatic carbocycles. The molecule has 1 aromatic heterocycles. The number of aryl methyl sites for hydroxylation is 1. The monoisotopic (exact) mass is 163 g/mol. The first-order valence-corrected chi connectivity index (χ1v) is 3.88. The Labute approximate surface area is 72.6 Å². The van der Waals surface area contributed by atoms with Crippen molar-refractivity contribution in [1.82, 2.24) is 9.78 Å². The van der Waals surface area contributed by atoms with E-state index in [1.54, 1.807) is 10.9 Å². The van der Waals surface area contributed by atoms with Crippen LogP contribution in [0.4, 0.5) is 0 Å². The molecule has 0 saturated carbocycles. The maximum Gasteiger partial charge on any atom is 0.0577 e. The molecule has 1 rings (SSSR count). The van der Waals surface area contributed by atoms with Gasteiger partial charge in [-0.3, -0.25) is 4.68 Å². The van der Waals surface area contributed by atoms with Crippen molar-refractivity contribution in [2.45, 2.75) is 19.4 Å². The molecule has 0 radical (unpaired) electrons. The molecule has 64 valence electrons. The summed E-state index contributed by atoms with van der Waals surface area (Å²) in [4.78, 5) is 0. The third kappa shape index (κ3) is 1.86. The summed E-state index contributed by atoms with van der Waals surface area (Å²) in [6, 6.07) is 1.90. The Bertz CT molecular complexity index is 303. The fraction of sp³-hybridized carbons (Fsp3) is 0.444. The van der Waals surface area contributed by atoms with Gasteiger partial charge in [0.1, 0.15) is 0 Å². The molecule has 1 unspecified atom stereocenters. The van der Waals surface area contributed by atoms with Crippen LogP contribution in [0, 0.1) is 11.8 Å². The van der Waals surface area contributed by atoms with E-state index in [1.165, 1.54) is 0 Å². The molecule has 0 bridgehead atoms. The highest BCUT2D eigenvalue weighted by Crippen LogP contribution is 2.10. The van der Waals surface area contributed by atoms with Crippen molar-refractivity contribution in [2.75, 3.05) is 0 Å². The maximum atomic E-state index is 5.86. The molecule has 0 amide bonds. The van der Waals surface area contributed by atoms with E-state index >= 15 is 0 Å². The highest BCUT2D eigenvalue weighted by Gasteiger charge is 2.07. The third-order valence-corrected chi connectivity index (χ3v) is 1.74. The molecule has 1 heterocycles. The van der Waals surface area contributed by atoms with Gasteiger partial charge in [0.15, 0.2) is 0 Å². The second-order valence-corrected chi connectivity index (χ2v) is 2.62. The zero-order valence-electron chi connectivity index (χ0n) is 7.41. The average molecular weight is 163 g/mol. The number of hydrogen-bond acceptors (Lipinski definition) is 2. The summed E-state index contributed by atoms with van der Waals surface area (Å²) < 4.78 is 1.78. The first kappa shape index (κ1) is 8.82. The molecule has 0 saturated heterocycles. The molecule has 12 heavy (non-hydrogen) atoms. The second kappa shape index (κ2) is 3.93. The van der Waals surface area contributed by atoms with Crippen LogP contribution in [0.15, 0.2) is 12.3 Å². The maximum absolute atomic E-state index is 5.86. The minimum absolute atomic E-state index is 0.0232. The van der Waals surface area contributed by atoms with Gasteiger partial charge < -0.3 is 5.73 Å². The van der Waals surface area contributed by atoms with Crippen molar-refractivity contribution in [3.05, 3.63) is 18.0 Å². The fourth-order valence-electron chi connectivity index (χ4n) is 1.06. The number of aromatic nitrogens is 2. The topological polar surface area (TPSA) is 43.8 Å². The predicted molar refractivity (Wildman–Crippen MR) is 48.2 cm³/mol. The van der Waals surface area contributed by atoms with Gasteiger partial charge in [0.25, 0.3) is 0 Å². The van der Waals surface area contributed by atoms with Gasteiger partial charge >= 0.3 is 0 Å². The lowest BCUT2D eigenvalue weighted by molar-refractivity contribution is 0.630. The van der Waals surface area contributed by atoms with Crippen molar-refractivity contribution in [3.8, 4) is 11.8 Å². The van der Waals surface area contributed by atoms with Crippen molar-refractivity contribution < 1.29 is 0 Å². The Hall–Kier alpha value is -1.27. The normalized spacial score (nSPS) is 11.9. The first-order chi connectivity index (χ1) is 5.75. The van der Waals surface area contributed by atoms with Crippen LogP contribution in [0.1, 0.15) is 25.1 Å². The number of hydrogen-bond donors (Lipinski definition) is 1. The molecular formula is C9H13N3. The van der Waals surface area contributed by atoms with Gasteiger partial charge in [-0.05, 0) is 13.0 Å². The molecule has 0 aliphatic heterocycles. The Morgan fingerprint density at radius 2 is 2.50 bits per heavy atom. The number of rotatable bonds is 2. The van der Waals surface area contributed by atoms with Crippen molar-refractivity contribution in [1.29, 1.82) is 0 Å². The summed E-state index contributed by atoms with van der Waals surface area (Å²) in [5.41, 5.74) is 6.89. The molecule has 0 fully saturated rings. The summed E-state index contributed by atoms with van der Waals surface area (Å²) in [6.45, 7) is 1.82. The largest absolute Gasteiger partial charge is 0.322 e. The predicted octanol–water partition coefficient (Wildman–Crippen LogP) is 0.833. The standard InChI is InChI=1S/C9H13N3/c1-3-4-5-8(10)9-6-7-11-12(9)2/h6-8H,5,10H2,1-2H3. The molecule has 3 nitrogen and oxygen atoms in total. The summed E-state index contributed by atoms with van der Waals surface area (Å²) >= 11 is 0. The van der Waals surface area contributed by atoms with Gasteiger partial charge in [0.2, 0.25) is 0 Å². The van der Waals surface area contributed by atoms with Gasteiger partial charge in [-0.25, -0.2) is 0 Å². The van der Waals surface area contributed by atoms with E-state index in [0.29, 0.717) is 6.42 Å². The van der Waals surface area contributed by atoms with Crippen LogP contribution in [-0.4, -0.2) is 9.78 Å². The van der Waals surface area contributed by atoms with Gasteiger partial charge in [-0.1, -0.05) is 0 Å². The second-order valence-electron chi connectivity index (χ2n) is 2.62. The molecule has 2 N–H and O–H groups in total. The number of nitrogens with two attached hydrogens (primary N) is 1. The molecule has 0 aliphatic rings. The summed E-state index contributed by atoms with van der Waals surface area (Å²) in [5.74, 6) is 5.77. The van der Waals surface area contributed by atoms with Gasteiger partial charge in [0, 0.05) is 19.7 Å². The lowest BCUT2D eigenvalue weighted by atomic mass is 10.1. The first-order valence-electron chi connectivity index (χ1n) is 3.88. The van der Waals surface area contributed by atoms with E-state index in [4.69, 9.17) is 5.73 Å². The van der Waals surface area contributed by atoms with Crippen LogP contribution in [0.5, 0.6) is 0 Å². The summed E-state index contributed by atoms with van der Waals surface area (Å²) in [7, 11) is 1.88. The van der Waals surface area contributed by atoms with E-state index in [9.17, 15) is 0 Å². The van der Waals surface area contributed by atoms with Crippen LogP contribution >= 0.6 is 0 Å². The van der Waals surface area contributed by atoms with Crippen molar-refractivity contribution in [2.24, 2.45) is 12.8 Å². The third-order valence-electron chi connectivity index (χ3n) is 1.74. The van der Waals surface area contributed by atoms with E-state index in [0.717, 1.165) is 5.69 Å². The Morgan fingerprint density at radius 1 is 1.75 bits per heavy atom. The molecule has 0 spiro atoms. The highest BCUT2D eigenvalue weighted by atomic mass is 15.3. The minimum atomic E-state index is -0.0232. The summed E-state index contributed by atoms with van der Waals surface area (Å²) in [5, 5.41) is 4.03. The van der Waals surface area contributed by atoms with E-state index in [2.05, 4.69) is 16.9 Å². The lowest BCUT2D eigenvalue weighted by Crippen LogP contribution is -2.13. The van der Waals surface area contributed by atoms with Crippen molar-refractivity contribution in [3.63, 3.8) is 0 Å². The molecule has 1 aromatic rings. The molecule has 0 aromatic carbocycles. The Morgan fingerprint density at radius 3 is 3.00 bits per heavy atom. The highest BCUT2D eigenvalue weighted by molar-refractivity contribution is 5.10. The van der Waals surface area contributed by atoms with E-state index in [-0.39, 0.29) is 6.04 Å². The summed E-state index contributed by atoms with van der Waals surface area (Å²) in [6.07, 6.45) is 2.44. The molecule has 1 atom stereocenters. The SMILES string of the molecule is CC#CCC(N)c1ccnn1C. The Kier molecular flexibility index (Phi) is 2.89. The van der Waals surface area contributed by atoms with Crippen LogP contribution in [0.25, 0.3) is 0 Å². The average Bonchev–Trinajstić information content (AvgIpc) is 2.47. The molecular weight excluding hydrogens is 150 g/mol. The smallest absolute Gasteiger partial charge is 0.0577 e. The van der Waals surface area contributed by atoms with Gasteiger partial charge in [-0.15, -0.1) is 11.8 Å². The zero-order valence-corrected chi connectivity index (χ0v) is 7.41. The van der Waals surface area contributed by atoms with Crippen LogP contribution in [0.2, 0.25) is 0 Å². The zero-order chi connectivity index (χ0) is 8.97. The Balaban J connectivity index is 2.68.